The van der Waals surface area contributed by atoms with Crippen molar-refractivity contribution in [3.63, 3.8) is 0 Å². The quantitative estimate of drug-likeness (QED) is 0.310. The molecule has 1 N–H and O–H groups in total. The number of benzene rings is 2. The first kappa shape index (κ1) is 24.8. The highest BCUT2D eigenvalue weighted by Gasteiger charge is 2.47. The van der Waals surface area contributed by atoms with E-state index >= 15 is 0 Å². The lowest BCUT2D eigenvalue weighted by Gasteiger charge is -2.45. The molecule has 0 aliphatic carbocycles. The van der Waals surface area contributed by atoms with Crippen molar-refractivity contribution in [2.75, 3.05) is 23.9 Å². The smallest absolute Gasteiger partial charge is 0.406 e. The summed E-state index contributed by atoms with van der Waals surface area (Å²) in [4.78, 5) is 1.52. The summed E-state index contributed by atoms with van der Waals surface area (Å²) in [6.45, 7) is 0.822. The van der Waals surface area contributed by atoms with Crippen LogP contribution in [0.1, 0.15) is 11.1 Å². The number of ether oxygens (including phenoxy) is 1. The molecule has 2 aromatic carbocycles. The summed E-state index contributed by atoms with van der Waals surface area (Å²) in [5, 5.41) is 1.50. The molecule has 3 aromatic rings. The highest BCUT2D eigenvalue weighted by molar-refractivity contribution is 7.81. The van der Waals surface area contributed by atoms with E-state index in [1.807, 2.05) is 31.2 Å². The molecule has 184 valence electrons. The fraction of sp³-hybridized carbons (Fsp3) is 0.364. The van der Waals surface area contributed by atoms with E-state index in [1.165, 1.54) is 32.7 Å². The molecule has 12 heteroatoms. The van der Waals surface area contributed by atoms with Crippen molar-refractivity contribution in [2.45, 2.75) is 31.7 Å². The summed E-state index contributed by atoms with van der Waals surface area (Å²) in [5.41, 5.74) is 1.40. The molecule has 34 heavy (non-hydrogen) atoms. The Kier molecular flexibility index (Phi) is 6.87. The van der Waals surface area contributed by atoms with Gasteiger partial charge in [0, 0.05) is 10.7 Å². The van der Waals surface area contributed by atoms with Crippen LogP contribution in [-0.4, -0.2) is 51.6 Å². The zero-order valence-electron chi connectivity index (χ0n) is 17.9. The molecule has 0 radical (unpaired) electrons. The van der Waals surface area contributed by atoms with Crippen LogP contribution >= 0.6 is 11.3 Å². The van der Waals surface area contributed by atoms with Crippen LogP contribution in [0.25, 0.3) is 10.1 Å². The summed E-state index contributed by atoms with van der Waals surface area (Å²) in [6, 6.07) is 12.1. The van der Waals surface area contributed by atoms with Gasteiger partial charge in [0.1, 0.15) is 10.8 Å². The Morgan fingerprint density at radius 2 is 1.82 bits per heavy atom. The predicted molar refractivity (Wildman–Crippen MR) is 122 cm³/mol. The van der Waals surface area contributed by atoms with Crippen LogP contribution in [0, 0.1) is 6.92 Å². The van der Waals surface area contributed by atoms with Crippen molar-refractivity contribution >= 4 is 37.7 Å². The summed E-state index contributed by atoms with van der Waals surface area (Å²) >= 11 is -1.08. The molecule has 1 aliphatic heterocycles. The van der Waals surface area contributed by atoms with Crippen LogP contribution in [-0.2, 0) is 17.7 Å². The maximum atomic E-state index is 13.6. The van der Waals surface area contributed by atoms with Gasteiger partial charge in [-0.25, -0.2) is 13.0 Å². The number of fused-ring (bicyclic) bond motifs is 1. The van der Waals surface area contributed by atoms with Crippen LogP contribution in [0.3, 0.4) is 0 Å². The summed E-state index contributed by atoms with van der Waals surface area (Å²) in [5.74, 6) is -3.23. The normalized spacial score (nSPS) is 17.9. The molecule has 2 heterocycles. The lowest BCUT2D eigenvalue weighted by molar-refractivity contribution is -0.274. The minimum atomic E-state index is -4.82. The number of hydrogen-bond donors (Lipinski definition) is 1. The van der Waals surface area contributed by atoms with Gasteiger partial charge in [0.05, 0.1) is 19.6 Å². The van der Waals surface area contributed by atoms with Crippen molar-refractivity contribution in [1.82, 2.24) is 4.90 Å². The van der Waals surface area contributed by atoms with E-state index in [2.05, 4.69) is 4.74 Å². The Balaban J connectivity index is 1.58. The van der Waals surface area contributed by atoms with E-state index in [0.29, 0.717) is 10.6 Å². The lowest BCUT2D eigenvalue weighted by atomic mass is 9.99. The number of rotatable bonds is 8. The Morgan fingerprint density at radius 3 is 2.38 bits per heavy atom. The lowest BCUT2D eigenvalue weighted by Crippen LogP contribution is -2.62. The third-order valence-corrected chi connectivity index (χ3v) is 7.74. The molecular formula is C22H21F5N2O3S2. The van der Waals surface area contributed by atoms with Crippen molar-refractivity contribution in [1.29, 1.82) is 0 Å². The van der Waals surface area contributed by atoms with Crippen LogP contribution in [0.2, 0.25) is 0 Å². The molecule has 1 saturated heterocycles. The fourth-order valence-electron chi connectivity index (χ4n) is 4.02. The maximum Gasteiger partial charge on any atom is 0.573 e. The number of hydrogen-bond acceptors (Lipinski definition) is 4. The molecule has 0 bridgehead atoms. The van der Waals surface area contributed by atoms with Gasteiger partial charge >= 0.3 is 6.36 Å². The Hall–Kier alpha value is -2.28. The van der Waals surface area contributed by atoms with E-state index in [1.54, 1.807) is 0 Å². The number of aryl methyl sites for hydroxylation is 1. The molecule has 0 saturated carbocycles. The van der Waals surface area contributed by atoms with Gasteiger partial charge in [0.25, 0.3) is 17.2 Å². The van der Waals surface area contributed by atoms with Crippen LogP contribution < -0.4 is 9.04 Å². The molecule has 2 unspecified atom stereocenters. The van der Waals surface area contributed by atoms with Crippen molar-refractivity contribution in [3.05, 3.63) is 59.7 Å². The van der Waals surface area contributed by atoms with Crippen molar-refractivity contribution in [3.8, 4) is 5.75 Å². The van der Waals surface area contributed by atoms with E-state index in [9.17, 15) is 30.7 Å². The number of likely N-dealkylation sites (tertiary alicyclic amines) is 1. The first-order valence-corrected chi connectivity index (χ1v) is 12.1. The Bertz CT molecular complexity index is 1180. The van der Waals surface area contributed by atoms with Gasteiger partial charge in [0.2, 0.25) is 0 Å². The van der Waals surface area contributed by atoms with Gasteiger partial charge in [-0.15, -0.1) is 24.5 Å². The molecule has 4 rings (SSSR count). The fourth-order valence-corrected chi connectivity index (χ4v) is 6.03. The maximum absolute atomic E-state index is 13.6. The second-order valence-corrected chi connectivity index (χ2v) is 10.1. The topological polar surface area (TPSA) is 53.0 Å². The average Bonchev–Trinajstić information content (AvgIpc) is 3.05. The zero-order valence-corrected chi connectivity index (χ0v) is 19.5. The second kappa shape index (κ2) is 9.40. The molecule has 5 nitrogen and oxygen atoms in total. The molecular weight excluding hydrogens is 499 g/mol. The van der Waals surface area contributed by atoms with Gasteiger partial charge in [-0.2, -0.15) is 0 Å². The van der Waals surface area contributed by atoms with Gasteiger partial charge in [-0.1, -0.05) is 30.3 Å². The van der Waals surface area contributed by atoms with Gasteiger partial charge in [0.15, 0.2) is 0 Å². The second-order valence-electron chi connectivity index (χ2n) is 8.13. The molecule has 2 atom stereocenters. The van der Waals surface area contributed by atoms with Crippen LogP contribution in [0.15, 0.2) is 48.5 Å². The zero-order chi connectivity index (χ0) is 24.7. The first-order chi connectivity index (χ1) is 15.9. The van der Waals surface area contributed by atoms with E-state index in [-0.39, 0.29) is 18.7 Å². The van der Waals surface area contributed by atoms with Crippen molar-refractivity contribution < 1.29 is 35.5 Å². The monoisotopic (exact) mass is 520 g/mol. The molecule has 1 fully saturated rings. The number of halogens is 5. The Morgan fingerprint density at radius 1 is 1.18 bits per heavy atom. The van der Waals surface area contributed by atoms with E-state index in [4.69, 9.17) is 0 Å². The average molecular weight is 521 g/mol. The predicted octanol–water partition coefficient (Wildman–Crippen LogP) is 5.61. The number of anilines is 1. The van der Waals surface area contributed by atoms with E-state index < -0.39 is 42.7 Å². The standard InChI is InChI=1S/C22H21F5N2O3S2/c1-14-18-4-2-3-5-19(18)33-20(14)29(34(30)31)11-16(28-12-21(23,24)13-28)10-15-6-8-17(9-7-15)32-22(25,26)27/h2-9,16H,10-13H2,1H3,(H,30,31). The summed E-state index contributed by atoms with van der Waals surface area (Å²) in [6.07, 6.45) is -4.62. The number of alkyl halides is 5. The van der Waals surface area contributed by atoms with Crippen LogP contribution in [0.4, 0.5) is 27.0 Å². The summed E-state index contributed by atoms with van der Waals surface area (Å²) in [7, 11) is 0. The first-order valence-electron chi connectivity index (χ1n) is 10.2. The van der Waals surface area contributed by atoms with Gasteiger partial charge in [-0.3, -0.25) is 13.8 Å². The van der Waals surface area contributed by atoms with E-state index in [0.717, 1.165) is 27.8 Å². The van der Waals surface area contributed by atoms with Crippen molar-refractivity contribution in [2.24, 2.45) is 0 Å². The number of nitrogens with zero attached hydrogens (tertiary/aromatic N) is 2. The van der Waals surface area contributed by atoms with Crippen LogP contribution in [0.5, 0.6) is 5.75 Å². The molecule has 0 spiro atoms. The van der Waals surface area contributed by atoms with Gasteiger partial charge in [-0.05, 0) is 48.1 Å². The minimum absolute atomic E-state index is 0.0202. The Labute approximate surface area is 199 Å². The third kappa shape index (κ3) is 5.68. The third-order valence-electron chi connectivity index (χ3n) is 5.62. The highest BCUT2D eigenvalue weighted by Crippen LogP contribution is 2.39. The largest absolute Gasteiger partial charge is 0.573 e. The molecule has 1 aromatic heterocycles. The number of thiophene rings is 1. The summed E-state index contributed by atoms with van der Waals surface area (Å²) < 4.78 is 93.0. The highest BCUT2D eigenvalue weighted by atomic mass is 32.2. The minimum Gasteiger partial charge on any atom is -0.406 e. The molecule has 1 aliphatic rings. The molecule has 0 amide bonds. The SMILES string of the molecule is Cc1c(N(CC(Cc2ccc(OC(F)(F)F)cc2)N2CC(F)(F)C2)S(=O)O)sc2ccccc12. The van der Waals surface area contributed by atoms with Gasteiger partial charge < -0.3 is 4.74 Å².